The van der Waals surface area contributed by atoms with Crippen LogP contribution in [0.3, 0.4) is 0 Å². The lowest BCUT2D eigenvalue weighted by atomic mass is 10.1. The quantitative estimate of drug-likeness (QED) is 0.723. The number of carbonyl (C=O) groups excluding carboxylic acids is 1. The molecule has 0 aliphatic heterocycles. The van der Waals surface area contributed by atoms with E-state index in [1.165, 1.54) is 32.3 Å². The first-order chi connectivity index (χ1) is 10.7. The van der Waals surface area contributed by atoms with E-state index in [4.69, 9.17) is 11.6 Å². The maximum atomic E-state index is 12.4. The van der Waals surface area contributed by atoms with Gasteiger partial charge in [-0.2, -0.15) is 0 Å². The Kier molecular flexibility index (Phi) is 7.51. The molecule has 0 saturated carbocycles. The van der Waals surface area contributed by atoms with Crippen molar-refractivity contribution in [3.05, 3.63) is 28.8 Å². The number of halogens is 1. The molecule has 0 bridgehead atoms. The molecule has 23 heavy (non-hydrogen) atoms. The molecular formula is C16H25ClN2O3S. The Bertz CT molecular complexity index is 645. The van der Waals surface area contributed by atoms with Crippen molar-refractivity contribution in [3.8, 4) is 0 Å². The second-order valence-corrected chi connectivity index (χ2v) is 8.36. The van der Waals surface area contributed by atoms with E-state index in [2.05, 4.69) is 12.2 Å². The highest BCUT2D eigenvalue weighted by atomic mass is 35.5. The number of hydrogen-bond donors (Lipinski definition) is 1. The van der Waals surface area contributed by atoms with E-state index in [9.17, 15) is 13.2 Å². The molecule has 0 spiro atoms. The average molecular weight is 361 g/mol. The monoisotopic (exact) mass is 360 g/mol. The zero-order valence-electron chi connectivity index (χ0n) is 14.1. The largest absolute Gasteiger partial charge is 0.350 e. The van der Waals surface area contributed by atoms with Crippen molar-refractivity contribution >= 4 is 27.5 Å². The molecule has 130 valence electrons. The zero-order valence-corrected chi connectivity index (χ0v) is 15.7. The van der Waals surface area contributed by atoms with Gasteiger partial charge >= 0.3 is 0 Å². The van der Waals surface area contributed by atoms with E-state index in [1.54, 1.807) is 0 Å². The zero-order chi connectivity index (χ0) is 17.6. The van der Waals surface area contributed by atoms with Gasteiger partial charge in [-0.3, -0.25) is 4.79 Å². The first-order valence-electron chi connectivity index (χ1n) is 7.73. The topological polar surface area (TPSA) is 66.5 Å². The van der Waals surface area contributed by atoms with Crippen LogP contribution < -0.4 is 5.32 Å². The third-order valence-corrected chi connectivity index (χ3v) is 5.72. The van der Waals surface area contributed by atoms with E-state index in [1.807, 2.05) is 6.92 Å². The minimum absolute atomic E-state index is 0.0132. The van der Waals surface area contributed by atoms with Gasteiger partial charge < -0.3 is 5.32 Å². The second-order valence-electron chi connectivity index (χ2n) is 5.80. The first kappa shape index (κ1) is 19.9. The Hall–Kier alpha value is -1.11. The summed E-state index contributed by atoms with van der Waals surface area (Å²) in [5, 5.41) is 3.11. The Morgan fingerprint density at radius 2 is 1.96 bits per heavy atom. The molecule has 0 saturated heterocycles. The summed E-state index contributed by atoms with van der Waals surface area (Å²) in [6.07, 6.45) is 4.17. The van der Waals surface area contributed by atoms with Gasteiger partial charge in [-0.15, -0.1) is 0 Å². The number of sulfonamides is 1. The summed E-state index contributed by atoms with van der Waals surface area (Å²) in [4.78, 5) is 12.4. The van der Waals surface area contributed by atoms with Crippen molar-refractivity contribution in [2.75, 3.05) is 14.1 Å². The highest BCUT2D eigenvalue weighted by Gasteiger charge is 2.21. The van der Waals surface area contributed by atoms with E-state index in [0.29, 0.717) is 0 Å². The predicted octanol–water partition coefficient (Wildman–Crippen LogP) is 3.29. The van der Waals surface area contributed by atoms with E-state index in [0.717, 1.165) is 30.0 Å². The minimum Gasteiger partial charge on any atom is -0.350 e. The van der Waals surface area contributed by atoms with Gasteiger partial charge in [0.2, 0.25) is 10.0 Å². The van der Waals surface area contributed by atoms with Gasteiger partial charge in [-0.05, 0) is 31.5 Å². The molecular weight excluding hydrogens is 336 g/mol. The summed E-state index contributed by atoms with van der Waals surface area (Å²) >= 11 is 6.06. The van der Waals surface area contributed by atoms with Crippen LogP contribution in [0.15, 0.2) is 23.1 Å². The molecule has 1 aromatic rings. The van der Waals surface area contributed by atoms with Crippen LogP contribution in [0.5, 0.6) is 0 Å². The lowest BCUT2D eigenvalue weighted by Crippen LogP contribution is -2.33. The summed E-state index contributed by atoms with van der Waals surface area (Å²) in [5.41, 5.74) is 0.178. The van der Waals surface area contributed by atoms with Crippen molar-refractivity contribution in [3.63, 3.8) is 0 Å². The average Bonchev–Trinajstić information content (AvgIpc) is 2.47. The van der Waals surface area contributed by atoms with E-state index in [-0.39, 0.29) is 27.4 Å². The summed E-state index contributed by atoms with van der Waals surface area (Å²) in [6, 6.07) is 4.18. The Labute approximate surface area is 144 Å². The Balaban J connectivity index is 2.93. The van der Waals surface area contributed by atoms with Crippen molar-refractivity contribution in [2.45, 2.75) is 50.5 Å². The highest BCUT2D eigenvalue weighted by molar-refractivity contribution is 7.89. The Morgan fingerprint density at radius 3 is 2.52 bits per heavy atom. The molecule has 0 aromatic heterocycles. The van der Waals surface area contributed by atoms with Crippen molar-refractivity contribution in [1.29, 1.82) is 0 Å². The molecule has 1 aromatic carbocycles. The number of carbonyl (C=O) groups is 1. The third kappa shape index (κ3) is 5.48. The maximum absolute atomic E-state index is 12.4. The summed E-state index contributed by atoms with van der Waals surface area (Å²) in [5.74, 6) is -0.352. The number of amides is 1. The van der Waals surface area contributed by atoms with Crippen LogP contribution in [0.4, 0.5) is 0 Å². The lowest BCUT2D eigenvalue weighted by Gasteiger charge is -2.16. The molecule has 0 radical (unpaired) electrons. The van der Waals surface area contributed by atoms with Crippen molar-refractivity contribution in [1.82, 2.24) is 9.62 Å². The molecule has 1 atom stereocenters. The van der Waals surface area contributed by atoms with Crippen LogP contribution in [0.2, 0.25) is 5.02 Å². The molecule has 0 fully saturated rings. The third-order valence-electron chi connectivity index (χ3n) is 3.58. The van der Waals surface area contributed by atoms with Crippen LogP contribution >= 0.6 is 11.6 Å². The number of hydrogen-bond acceptors (Lipinski definition) is 3. The fourth-order valence-corrected chi connectivity index (χ4v) is 3.26. The number of unbranched alkanes of at least 4 members (excludes halogenated alkanes) is 2. The van der Waals surface area contributed by atoms with Crippen LogP contribution in [0.1, 0.15) is 49.9 Å². The molecule has 0 aliphatic rings. The fourth-order valence-electron chi connectivity index (χ4n) is 2.12. The van der Waals surface area contributed by atoms with Crippen LogP contribution in [0, 0.1) is 0 Å². The summed E-state index contributed by atoms with van der Waals surface area (Å²) < 4.78 is 25.4. The molecule has 1 N–H and O–H groups in total. The summed E-state index contributed by atoms with van der Waals surface area (Å²) in [7, 11) is -0.713. The maximum Gasteiger partial charge on any atom is 0.253 e. The molecule has 7 heteroatoms. The molecule has 5 nitrogen and oxygen atoms in total. The molecule has 0 aliphatic carbocycles. The highest BCUT2D eigenvalue weighted by Crippen LogP contribution is 2.22. The molecule has 1 rings (SSSR count). The number of nitrogens with zero attached hydrogens (tertiary/aromatic N) is 1. The van der Waals surface area contributed by atoms with Gasteiger partial charge in [0.05, 0.1) is 15.5 Å². The first-order valence-corrected chi connectivity index (χ1v) is 9.55. The second kappa shape index (κ2) is 8.66. The molecule has 1 amide bonds. The standard InChI is InChI=1S/C16H25ClN2O3S/c1-5-6-7-8-12(2)18-16(20)14-11-13(9-10-15(14)17)23(21,22)19(3)4/h9-12H,5-8H2,1-4H3,(H,18,20)/t12-/m1/s1. The Morgan fingerprint density at radius 1 is 1.30 bits per heavy atom. The lowest BCUT2D eigenvalue weighted by molar-refractivity contribution is 0.0938. The van der Waals surface area contributed by atoms with Crippen molar-refractivity contribution in [2.24, 2.45) is 0 Å². The van der Waals surface area contributed by atoms with Crippen molar-refractivity contribution < 1.29 is 13.2 Å². The van der Waals surface area contributed by atoms with E-state index < -0.39 is 10.0 Å². The van der Waals surface area contributed by atoms with Crippen LogP contribution in [-0.4, -0.2) is 38.8 Å². The van der Waals surface area contributed by atoms with Gasteiger partial charge in [-0.25, -0.2) is 12.7 Å². The number of rotatable bonds is 8. The van der Waals surface area contributed by atoms with Gasteiger partial charge in [-0.1, -0.05) is 37.8 Å². The number of nitrogens with one attached hydrogen (secondary N) is 1. The van der Waals surface area contributed by atoms with E-state index >= 15 is 0 Å². The smallest absolute Gasteiger partial charge is 0.253 e. The van der Waals surface area contributed by atoms with Gasteiger partial charge in [0.1, 0.15) is 0 Å². The predicted molar refractivity (Wildman–Crippen MR) is 93.4 cm³/mol. The van der Waals surface area contributed by atoms with Crippen LogP contribution in [0.25, 0.3) is 0 Å². The van der Waals surface area contributed by atoms with Gasteiger partial charge in [0.25, 0.3) is 5.91 Å². The van der Waals surface area contributed by atoms with Crippen LogP contribution in [-0.2, 0) is 10.0 Å². The minimum atomic E-state index is -3.60. The fraction of sp³-hybridized carbons (Fsp3) is 0.562. The molecule has 0 heterocycles. The SMILES string of the molecule is CCCCC[C@@H](C)NC(=O)c1cc(S(=O)(=O)N(C)C)ccc1Cl. The number of benzene rings is 1. The van der Waals surface area contributed by atoms with Gasteiger partial charge in [0.15, 0.2) is 0 Å². The van der Waals surface area contributed by atoms with Gasteiger partial charge in [0, 0.05) is 20.1 Å². The summed E-state index contributed by atoms with van der Waals surface area (Å²) in [6.45, 7) is 4.06. The molecule has 0 unspecified atom stereocenters. The normalized spacial score (nSPS) is 13.1.